The van der Waals surface area contributed by atoms with Crippen LogP contribution >= 0.6 is 0 Å². The van der Waals surface area contributed by atoms with Crippen LogP contribution in [0.5, 0.6) is 5.75 Å². The van der Waals surface area contributed by atoms with Gasteiger partial charge in [-0.3, -0.25) is 19.8 Å². The lowest BCUT2D eigenvalue weighted by atomic mass is 10.1. The molecule has 6 rings (SSSR count). The van der Waals surface area contributed by atoms with Crippen LogP contribution in [0.4, 0.5) is 11.6 Å². The molecular formula is C27H32N6O3. The average molecular weight is 489 g/mol. The summed E-state index contributed by atoms with van der Waals surface area (Å²) < 4.78 is 8.33. The fourth-order valence-electron chi connectivity index (χ4n) is 5.62. The van der Waals surface area contributed by atoms with Gasteiger partial charge in [0.2, 0.25) is 11.5 Å². The molecule has 0 spiro atoms. The zero-order valence-corrected chi connectivity index (χ0v) is 20.4. The molecule has 9 heteroatoms. The number of likely N-dealkylation sites (tertiary alicyclic amines) is 1. The number of imidazole rings is 1. The average Bonchev–Trinajstić information content (AvgIpc) is 3.69. The SMILES string of the molecule is C=CCN1CCCC[C@@H](n2c(NC(=O)c3cc[nH]c(=O)c3)nc3ccc4c(c32)N(C2CC2)CCO4)C1. The summed E-state index contributed by atoms with van der Waals surface area (Å²) in [6.07, 6.45) is 9.02. The van der Waals surface area contributed by atoms with Gasteiger partial charge in [0.1, 0.15) is 18.0 Å². The molecule has 36 heavy (non-hydrogen) atoms. The standard InChI is InChI=1S/C27H32N6O3/c1-2-12-31-13-4-3-5-20(17-31)33-24-21(8-9-22-25(24)32(14-15-36-22)19-6-7-19)29-27(33)30-26(35)18-10-11-28-23(34)16-18/h2,8-11,16,19-20H,1,3-7,12-15,17H2,(H,28,34)(H,29,30,35)/t20-/m1/s1. The van der Waals surface area contributed by atoms with Crippen LogP contribution in [-0.4, -0.2) is 64.2 Å². The van der Waals surface area contributed by atoms with Gasteiger partial charge in [-0.05, 0) is 50.4 Å². The van der Waals surface area contributed by atoms with Gasteiger partial charge in [0.15, 0.2) is 0 Å². The molecule has 3 aromatic rings. The summed E-state index contributed by atoms with van der Waals surface area (Å²) in [6.45, 7) is 8.17. The zero-order valence-electron chi connectivity index (χ0n) is 20.4. The number of H-pyrrole nitrogens is 1. The number of hydrogen-bond donors (Lipinski definition) is 2. The molecule has 1 atom stereocenters. The predicted molar refractivity (Wildman–Crippen MR) is 140 cm³/mol. The van der Waals surface area contributed by atoms with Crippen LogP contribution in [-0.2, 0) is 0 Å². The van der Waals surface area contributed by atoms with Gasteiger partial charge in [-0.2, -0.15) is 0 Å². The molecule has 1 amide bonds. The summed E-state index contributed by atoms with van der Waals surface area (Å²) >= 11 is 0. The first-order chi connectivity index (χ1) is 17.6. The second-order valence-corrected chi connectivity index (χ2v) is 9.95. The van der Waals surface area contributed by atoms with Crippen LogP contribution < -0.4 is 20.5 Å². The van der Waals surface area contributed by atoms with E-state index in [2.05, 4.69) is 31.2 Å². The summed E-state index contributed by atoms with van der Waals surface area (Å²) in [7, 11) is 0. The molecule has 1 saturated carbocycles. The van der Waals surface area contributed by atoms with Gasteiger partial charge in [0, 0.05) is 43.0 Å². The molecule has 0 radical (unpaired) electrons. The smallest absolute Gasteiger partial charge is 0.258 e. The van der Waals surface area contributed by atoms with Gasteiger partial charge in [-0.1, -0.05) is 12.5 Å². The van der Waals surface area contributed by atoms with Crippen LogP contribution in [0.2, 0.25) is 0 Å². The van der Waals surface area contributed by atoms with Crippen LogP contribution in [0.25, 0.3) is 11.0 Å². The lowest BCUT2D eigenvalue weighted by Gasteiger charge is -2.33. The third kappa shape index (κ3) is 4.28. The molecule has 1 saturated heterocycles. The van der Waals surface area contributed by atoms with Crippen molar-refractivity contribution in [3.05, 3.63) is 59.0 Å². The number of benzene rings is 1. The maximum Gasteiger partial charge on any atom is 0.258 e. The molecule has 2 N–H and O–H groups in total. The van der Waals surface area contributed by atoms with Crippen molar-refractivity contribution in [1.82, 2.24) is 19.4 Å². The fourth-order valence-corrected chi connectivity index (χ4v) is 5.62. The van der Waals surface area contributed by atoms with Crippen molar-refractivity contribution in [3.8, 4) is 5.75 Å². The molecular weight excluding hydrogens is 456 g/mol. The van der Waals surface area contributed by atoms with Crippen molar-refractivity contribution in [3.63, 3.8) is 0 Å². The molecule has 188 valence electrons. The Morgan fingerprint density at radius 2 is 2.08 bits per heavy atom. The molecule has 2 aromatic heterocycles. The highest BCUT2D eigenvalue weighted by Gasteiger charge is 2.36. The Labute approximate surface area is 209 Å². The number of ether oxygens (including phenoxy) is 1. The molecule has 3 aliphatic rings. The summed E-state index contributed by atoms with van der Waals surface area (Å²) in [5, 5.41) is 3.04. The van der Waals surface area contributed by atoms with E-state index in [-0.39, 0.29) is 17.5 Å². The normalized spacial score (nSPS) is 20.4. The van der Waals surface area contributed by atoms with Crippen molar-refractivity contribution < 1.29 is 9.53 Å². The number of amides is 1. The Kier molecular flexibility index (Phi) is 6.00. The van der Waals surface area contributed by atoms with E-state index in [0.29, 0.717) is 24.2 Å². The van der Waals surface area contributed by atoms with Crippen molar-refractivity contribution in [1.29, 1.82) is 0 Å². The third-order valence-corrected chi connectivity index (χ3v) is 7.40. The second-order valence-electron chi connectivity index (χ2n) is 9.95. The summed E-state index contributed by atoms with van der Waals surface area (Å²) in [4.78, 5) is 37.4. The van der Waals surface area contributed by atoms with Crippen LogP contribution in [0.15, 0.2) is 47.9 Å². The van der Waals surface area contributed by atoms with E-state index in [1.807, 2.05) is 18.2 Å². The third-order valence-electron chi connectivity index (χ3n) is 7.40. The number of rotatable bonds is 6. The number of aromatic nitrogens is 3. The van der Waals surface area contributed by atoms with Crippen LogP contribution in [0.3, 0.4) is 0 Å². The van der Waals surface area contributed by atoms with E-state index in [9.17, 15) is 9.59 Å². The van der Waals surface area contributed by atoms with Gasteiger partial charge in [-0.25, -0.2) is 4.98 Å². The lowest BCUT2D eigenvalue weighted by Crippen LogP contribution is -2.35. The molecule has 1 aromatic carbocycles. The number of carbonyl (C=O) groups excluding carboxylic acids is 1. The zero-order chi connectivity index (χ0) is 24.6. The highest BCUT2D eigenvalue weighted by molar-refractivity contribution is 6.05. The molecule has 2 fully saturated rings. The largest absolute Gasteiger partial charge is 0.489 e. The number of hydrogen-bond acceptors (Lipinski definition) is 6. The summed E-state index contributed by atoms with van der Waals surface area (Å²) in [6, 6.07) is 7.56. The van der Waals surface area contributed by atoms with E-state index in [1.165, 1.54) is 25.1 Å². The van der Waals surface area contributed by atoms with E-state index in [4.69, 9.17) is 9.72 Å². The number of carbonyl (C=O) groups is 1. The maximum absolute atomic E-state index is 13.2. The number of fused-ring (bicyclic) bond motifs is 3. The number of nitrogens with zero attached hydrogens (tertiary/aromatic N) is 4. The topological polar surface area (TPSA) is 95.5 Å². The van der Waals surface area contributed by atoms with Crippen molar-refractivity contribution in [2.45, 2.75) is 44.2 Å². The minimum atomic E-state index is -0.349. The van der Waals surface area contributed by atoms with Crippen molar-refractivity contribution >= 4 is 28.6 Å². The summed E-state index contributed by atoms with van der Waals surface area (Å²) in [5.74, 6) is 1.04. The monoisotopic (exact) mass is 488 g/mol. The Morgan fingerprint density at radius 3 is 2.89 bits per heavy atom. The van der Waals surface area contributed by atoms with Gasteiger partial charge in [0.05, 0.1) is 17.6 Å². The predicted octanol–water partition coefficient (Wildman–Crippen LogP) is 3.55. The minimum absolute atomic E-state index is 0.126. The van der Waals surface area contributed by atoms with E-state index < -0.39 is 0 Å². The highest BCUT2D eigenvalue weighted by Crippen LogP contribution is 2.46. The summed E-state index contributed by atoms with van der Waals surface area (Å²) in [5.41, 5.74) is 2.93. The van der Waals surface area contributed by atoms with E-state index in [0.717, 1.165) is 67.9 Å². The molecule has 0 unspecified atom stereocenters. The number of nitrogens with one attached hydrogen (secondary N) is 2. The quantitative estimate of drug-likeness (QED) is 0.516. The first-order valence-corrected chi connectivity index (χ1v) is 12.9. The van der Waals surface area contributed by atoms with Crippen molar-refractivity contribution in [2.75, 3.05) is 43.0 Å². The van der Waals surface area contributed by atoms with E-state index >= 15 is 0 Å². The number of aromatic amines is 1. The minimum Gasteiger partial charge on any atom is -0.489 e. The number of anilines is 2. The van der Waals surface area contributed by atoms with Gasteiger partial charge in [0.25, 0.3) is 5.91 Å². The highest BCUT2D eigenvalue weighted by atomic mass is 16.5. The van der Waals surface area contributed by atoms with Gasteiger partial charge < -0.3 is 19.2 Å². The molecule has 2 aliphatic heterocycles. The van der Waals surface area contributed by atoms with E-state index in [1.54, 1.807) is 6.07 Å². The fraction of sp³-hybridized carbons (Fsp3) is 0.444. The Morgan fingerprint density at radius 1 is 1.19 bits per heavy atom. The molecule has 0 bridgehead atoms. The molecule has 9 nitrogen and oxygen atoms in total. The number of pyridine rings is 1. The Hall–Kier alpha value is -3.59. The molecule has 4 heterocycles. The second kappa shape index (κ2) is 9.46. The van der Waals surface area contributed by atoms with Gasteiger partial charge >= 0.3 is 0 Å². The van der Waals surface area contributed by atoms with Crippen LogP contribution in [0.1, 0.15) is 48.5 Å². The maximum atomic E-state index is 13.2. The van der Waals surface area contributed by atoms with Gasteiger partial charge in [-0.15, -0.1) is 6.58 Å². The Balaban J connectivity index is 1.49. The Bertz CT molecular complexity index is 1360. The van der Waals surface area contributed by atoms with Crippen LogP contribution in [0, 0.1) is 0 Å². The first kappa shape index (κ1) is 22.8. The lowest BCUT2D eigenvalue weighted by molar-refractivity contribution is 0.102. The molecule has 1 aliphatic carbocycles. The first-order valence-electron chi connectivity index (χ1n) is 12.9. The van der Waals surface area contributed by atoms with Crippen molar-refractivity contribution in [2.24, 2.45) is 0 Å².